The van der Waals surface area contributed by atoms with Crippen LogP contribution in [0.15, 0.2) is 41.3 Å². The maximum atomic E-state index is 13.0. The van der Waals surface area contributed by atoms with Crippen molar-refractivity contribution < 1.29 is 18.5 Å². The molecule has 0 radical (unpaired) electrons. The summed E-state index contributed by atoms with van der Waals surface area (Å²) in [5.74, 6) is -0.707. The highest BCUT2D eigenvalue weighted by Gasteiger charge is 2.18. The van der Waals surface area contributed by atoms with Crippen molar-refractivity contribution in [3.63, 3.8) is 0 Å². The molecule has 2 aromatic carbocycles. The Kier molecular flexibility index (Phi) is 11.2. The van der Waals surface area contributed by atoms with Crippen LogP contribution in [-0.2, 0) is 27.1 Å². The van der Waals surface area contributed by atoms with Crippen molar-refractivity contribution >= 4 is 28.5 Å². The van der Waals surface area contributed by atoms with Crippen molar-refractivity contribution in [1.29, 1.82) is 0 Å². The molecule has 9 nitrogen and oxygen atoms in total. The standard InChI is InChI=1S/C25H37N5O4S/c1-18-15-22(34-6)16-19(2)23(18)35(33)30(5)14-12-27-24(31)25(32)28-17-20-7-9-21(10-8-20)26-11-13-29(3)4/h7-10,15-16,26H,11-14,17H2,1-6H3,(H,27,31)(H,28,32). The lowest BCUT2D eigenvalue weighted by Gasteiger charge is -2.19. The topological polar surface area (TPSA) is 103 Å². The van der Waals surface area contributed by atoms with Gasteiger partial charge in [-0.05, 0) is 68.9 Å². The maximum absolute atomic E-state index is 13.0. The van der Waals surface area contributed by atoms with Gasteiger partial charge in [-0.25, -0.2) is 8.51 Å². The third kappa shape index (κ3) is 8.97. The van der Waals surface area contributed by atoms with Crippen LogP contribution in [0.4, 0.5) is 5.69 Å². The van der Waals surface area contributed by atoms with Crippen molar-refractivity contribution in [1.82, 2.24) is 19.8 Å². The van der Waals surface area contributed by atoms with Gasteiger partial charge in [-0.15, -0.1) is 0 Å². The van der Waals surface area contributed by atoms with Crippen molar-refractivity contribution in [2.45, 2.75) is 25.3 Å². The highest BCUT2D eigenvalue weighted by atomic mass is 32.2. The van der Waals surface area contributed by atoms with Gasteiger partial charge in [0.2, 0.25) is 0 Å². The predicted octanol–water partition coefficient (Wildman–Crippen LogP) is 1.67. The van der Waals surface area contributed by atoms with E-state index in [0.717, 1.165) is 40.4 Å². The molecule has 192 valence electrons. The molecule has 0 aliphatic heterocycles. The minimum Gasteiger partial charge on any atom is -0.497 e. The van der Waals surface area contributed by atoms with E-state index >= 15 is 0 Å². The van der Waals surface area contributed by atoms with E-state index in [1.807, 2.05) is 64.3 Å². The molecule has 0 saturated carbocycles. The van der Waals surface area contributed by atoms with Gasteiger partial charge in [0.15, 0.2) is 0 Å². The molecule has 2 aromatic rings. The highest BCUT2D eigenvalue weighted by molar-refractivity contribution is 7.82. The fraction of sp³-hybridized carbons (Fsp3) is 0.440. The lowest BCUT2D eigenvalue weighted by Crippen LogP contribution is -2.42. The molecule has 2 rings (SSSR count). The number of methoxy groups -OCH3 is 1. The Labute approximate surface area is 210 Å². The fourth-order valence-corrected chi connectivity index (χ4v) is 4.61. The molecular weight excluding hydrogens is 466 g/mol. The molecule has 10 heteroatoms. The third-order valence-corrected chi connectivity index (χ3v) is 7.08. The van der Waals surface area contributed by atoms with Gasteiger partial charge in [0.05, 0.1) is 12.0 Å². The second kappa shape index (κ2) is 13.8. The first-order valence-corrected chi connectivity index (χ1v) is 12.5. The average Bonchev–Trinajstić information content (AvgIpc) is 2.82. The first kappa shape index (κ1) is 28.3. The van der Waals surface area contributed by atoms with Gasteiger partial charge in [-0.2, -0.15) is 0 Å². The number of hydrogen-bond donors (Lipinski definition) is 3. The first-order valence-electron chi connectivity index (χ1n) is 11.4. The smallest absolute Gasteiger partial charge is 0.309 e. The number of carbonyl (C=O) groups is 2. The van der Waals surface area contributed by atoms with Crippen molar-refractivity contribution in [3.8, 4) is 5.75 Å². The number of rotatable bonds is 12. The summed E-state index contributed by atoms with van der Waals surface area (Å²) in [6.07, 6.45) is 0. The van der Waals surface area contributed by atoms with Gasteiger partial charge in [-0.3, -0.25) is 9.59 Å². The molecule has 0 fully saturated rings. The summed E-state index contributed by atoms with van der Waals surface area (Å²) in [6.45, 7) is 6.31. The summed E-state index contributed by atoms with van der Waals surface area (Å²) in [5.41, 5.74) is 3.63. The van der Waals surface area contributed by atoms with Crippen LogP contribution in [0.1, 0.15) is 16.7 Å². The SMILES string of the molecule is COc1cc(C)c(S(=O)N(C)CCNC(=O)C(=O)NCc2ccc(NCCN(C)C)cc2)c(C)c1. The van der Waals surface area contributed by atoms with Gasteiger partial charge < -0.3 is 25.6 Å². The molecule has 3 N–H and O–H groups in total. The number of likely N-dealkylation sites (N-methyl/N-ethyl adjacent to an activating group) is 2. The maximum Gasteiger partial charge on any atom is 0.309 e. The van der Waals surface area contributed by atoms with Crippen LogP contribution in [0.5, 0.6) is 5.75 Å². The van der Waals surface area contributed by atoms with E-state index in [9.17, 15) is 13.8 Å². The zero-order valence-electron chi connectivity index (χ0n) is 21.4. The van der Waals surface area contributed by atoms with Gasteiger partial charge in [-0.1, -0.05) is 12.1 Å². The number of ether oxygens (including phenoxy) is 1. The third-order valence-electron chi connectivity index (χ3n) is 5.34. The van der Waals surface area contributed by atoms with E-state index in [1.165, 1.54) is 0 Å². The average molecular weight is 504 g/mol. The van der Waals surface area contributed by atoms with E-state index in [-0.39, 0.29) is 13.1 Å². The molecule has 1 unspecified atom stereocenters. The van der Waals surface area contributed by atoms with Crippen LogP contribution in [-0.4, -0.2) is 79.7 Å². The van der Waals surface area contributed by atoms with Gasteiger partial charge in [0.25, 0.3) is 0 Å². The monoisotopic (exact) mass is 503 g/mol. The Bertz CT molecular complexity index is 1000. The molecule has 0 heterocycles. The summed E-state index contributed by atoms with van der Waals surface area (Å²) in [4.78, 5) is 27.1. The second-order valence-electron chi connectivity index (χ2n) is 8.56. The second-order valence-corrected chi connectivity index (χ2v) is 10.1. The molecule has 0 saturated heterocycles. The molecule has 1 atom stereocenters. The lowest BCUT2D eigenvalue weighted by atomic mass is 10.1. The summed E-state index contributed by atoms with van der Waals surface area (Å²) < 4.78 is 19.9. The van der Waals surface area contributed by atoms with E-state index in [0.29, 0.717) is 12.3 Å². The molecule has 0 bridgehead atoms. The quantitative estimate of drug-likeness (QED) is 0.381. The molecule has 0 spiro atoms. The predicted molar refractivity (Wildman–Crippen MR) is 140 cm³/mol. The van der Waals surface area contributed by atoms with Gasteiger partial charge in [0, 0.05) is 45.5 Å². The number of hydrogen-bond acceptors (Lipinski definition) is 6. The van der Waals surface area contributed by atoms with Crippen LogP contribution in [0, 0.1) is 13.8 Å². The minimum absolute atomic E-state index is 0.191. The van der Waals surface area contributed by atoms with E-state index in [1.54, 1.807) is 18.5 Å². The minimum atomic E-state index is -1.40. The number of nitrogens with zero attached hydrogens (tertiary/aromatic N) is 2. The van der Waals surface area contributed by atoms with E-state index in [2.05, 4.69) is 20.9 Å². The summed E-state index contributed by atoms with van der Waals surface area (Å²) in [5, 5.41) is 8.53. The van der Waals surface area contributed by atoms with Crippen LogP contribution in [0.3, 0.4) is 0 Å². The molecule has 0 aromatic heterocycles. The molecular formula is C25H37N5O4S. The Morgan fingerprint density at radius 1 is 0.914 bits per heavy atom. The number of amides is 2. The Hall–Kier alpha value is -2.95. The Morgan fingerprint density at radius 2 is 1.51 bits per heavy atom. The highest BCUT2D eigenvalue weighted by Crippen LogP contribution is 2.25. The number of carbonyl (C=O) groups excluding carboxylic acids is 2. The molecule has 35 heavy (non-hydrogen) atoms. The molecule has 0 aliphatic carbocycles. The number of nitrogens with one attached hydrogen (secondary N) is 3. The van der Waals surface area contributed by atoms with Gasteiger partial charge in [0.1, 0.15) is 16.7 Å². The fourth-order valence-electron chi connectivity index (χ4n) is 3.38. The van der Waals surface area contributed by atoms with Crippen molar-refractivity contribution in [3.05, 3.63) is 53.1 Å². The van der Waals surface area contributed by atoms with Crippen LogP contribution in [0.2, 0.25) is 0 Å². The summed E-state index contributed by atoms with van der Waals surface area (Å²) >= 11 is 0. The van der Waals surface area contributed by atoms with Crippen LogP contribution >= 0.6 is 0 Å². The Morgan fingerprint density at radius 3 is 2.09 bits per heavy atom. The molecule has 0 aliphatic rings. The van der Waals surface area contributed by atoms with Crippen LogP contribution < -0.4 is 20.7 Å². The van der Waals surface area contributed by atoms with Crippen molar-refractivity contribution in [2.75, 3.05) is 59.7 Å². The van der Waals surface area contributed by atoms with Crippen LogP contribution in [0.25, 0.3) is 0 Å². The Balaban J connectivity index is 1.76. The van der Waals surface area contributed by atoms with Crippen molar-refractivity contribution in [2.24, 2.45) is 0 Å². The lowest BCUT2D eigenvalue weighted by molar-refractivity contribution is -0.139. The summed E-state index contributed by atoms with van der Waals surface area (Å²) in [6, 6.07) is 11.4. The number of anilines is 1. The first-order chi connectivity index (χ1) is 16.6. The largest absolute Gasteiger partial charge is 0.497 e. The van der Waals surface area contributed by atoms with E-state index in [4.69, 9.17) is 4.74 Å². The number of aryl methyl sites for hydroxylation is 2. The molecule has 2 amide bonds. The zero-order valence-corrected chi connectivity index (χ0v) is 22.3. The number of benzene rings is 2. The normalized spacial score (nSPS) is 11.9. The van der Waals surface area contributed by atoms with E-state index < -0.39 is 22.8 Å². The zero-order chi connectivity index (χ0) is 26.0. The summed E-state index contributed by atoms with van der Waals surface area (Å²) in [7, 11) is 5.95. The van der Waals surface area contributed by atoms with Gasteiger partial charge >= 0.3 is 11.8 Å².